The van der Waals surface area contributed by atoms with Gasteiger partial charge in [0.2, 0.25) is 5.78 Å². The Labute approximate surface area is 163 Å². The van der Waals surface area contributed by atoms with Crippen molar-refractivity contribution in [3.8, 4) is 5.75 Å². The van der Waals surface area contributed by atoms with Crippen LogP contribution in [0.3, 0.4) is 0 Å². The highest BCUT2D eigenvalue weighted by Gasteiger charge is 2.35. The molecular formula is C21H24FNO5. The van der Waals surface area contributed by atoms with Crippen molar-refractivity contribution < 1.29 is 28.2 Å². The smallest absolute Gasteiger partial charge is 0.350 e. The minimum atomic E-state index is -1.39. The molecule has 0 saturated carbocycles. The third-order valence-electron chi connectivity index (χ3n) is 4.37. The van der Waals surface area contributed by atoms with Gasteiger partial charge >= 0.3 is 5.97 Å². The van der Waals surface area contributed by atoms with Crippen LogP contribution in [0.2, 0.25) is 0 Å². The van der Waals surface area contributed by atoms with Gasteiger partial charge in [-0.2, -0.15) is 0 Å². The number of Topliss-reactive ketones (excluding diaryl/α,β-unsaturated/α-hetero) is 2. The molecule has 6 nitrogen and oxygen atoms in total. The van der Waals surface area contributed by atoms with Crippen molar-refractivity contribution in [3.05, 3.63) is 52.6 Å². The fraction of sp³-hybridized carbons (Fsp3) is 0.381. The molecular weight excluding hydrogens is 365 g/mol. The standard InChI is InChI=1S/C21H24FNO5/c1-11-17(13(3)24)12(2)23-18(11)19(25)14(4)27-20(26)21(5,6)28-16-9-7-15(22)8-10-16/h7-10,14,23H,1-6H3/t14-/m0/s1. The molecule has 1 heterocycles. The molecule has 0 amide bonds. The number of aryl methyl sites for hydroxylation is 1. The maximum Gasteiger partial charge on any atom is 0.350 e. The zero-order valence-corrected chi connectivity index (χ0v) is 16.8. The minimum absolute atomic E-state index is 0.149. The van der Waals surface area contributed by atoms with Crippen LogP contribution in [0.25, 0.3) is 0 Å². The molecule has 0 aliphatic rings. The fourth-order valence-corrected chi connectivity index (χ4v) is 2.92. The summed E-state index contributed by atoms with van der Waals surface area (Å²) in [6, 6.07) is 5.22. The van der Waals surface area contributed by atoms with E-state index in [4.69, 9.17) is 9.47 Å². The van der Waals surface area contributed by atoms with Crippen molar-refractivity contribution in [1.29, 1.82) is 0 Å². The SMILES string of the molecule is CC(=O)c1c(C)[nH]c(C(=O)[C@H](C)OC(=O)C(C)(C)Oc2ccc(F)cc2)c1C. The third-order valence-corrected chi connectivity index (χ3v) is 4.37. The van der Waals surface area contributed by atoms with Crippen molar-refractivity contribution in [1.82, 2.24) is 4.98 Å². The van der Waals surface area contributed by atoms with E-state index in [-0.39, 0.29) is 11.5 Å². The number of hydrogen-bond acceptors (Lipinski definition) is 5. The number of aromatic nitrogens is 1. The molecule has 150 valence electrons. The summed E-state index contributed by atoms with van der Waals surface area (Å²) in [5.74, 6) is -1.47. The predicted octanol–water partition coefficient (Wildman–Crippen LogP) is 3.95. The van der Waals surface area contributed by atoms with Gasteiger partial charge in [0.05, 0.1) is 5.69 Å². The van der Waals surface area contributed by atoms with Crippen LogP contribution in [-0.2, 0) is 9.53 Å². The first-order chi connectivity index (χ1) is 12.9. The summed E-state index contributed by atoms with van der Waals surface area (Å²) < 4.78 is 23.9. The largest absolute Gasteiger partial charge is 0.476 e. The van der Waals surface area contributed by atoms with Crippen LogP contribution in [0.15, 0.2) is 24.3 Å². The summed E-state index contributed by atoms with van der Waals surface area (Å²) in [6.07, 6.45) is -1.08. The van der Waals surface area contributed by atoms with E-state index >= 15 is 0 Å². The summed E-state index contributed by atoms with van der Waals surface area (Å²) in [7, 11) is 0. The molecule has 0 bridgehead atoms. The van der Waals surface area contributed by atoms with Crippen molar-refractivity contribution in [2.75, 3.05) is 0 Å². The summed E-state index contributed by atoms with van der Waals surface area (Å²) in [6.45, 7) is 9.25. The predicted molar refractivity (Wildman–Crippen MR) is 101 cm³/mol. The first-order valence-corrected chi connectivity index (χ1v) is 8.84. The molecule has 0 aliphatic heterocycles. The fourth-order valence-electron chi connectivity index (χ4n) is 2.92. The van der Waals surface area contributed by atoms with Gasteiger partial charge in [-0.05, 0) is 71.4 Å². The molecule has 7 heteroatoms. The first-order valence-electron chi connectivity index (χ1n) is 8.84. The van der Waals surface area contributed by atoms with Crippen LogP contribution in [0, 0.1) is 19.7 Å². The van der Waals surface area contributed by atoms with Crippen molar-refractivity contribution in [3.63, 3.8) is 0 Å². The number of rotatable bonds is 7. The van der Waals surface area contributed by atoms with Gasteiger partial charge < -0.3 is 14.5 Å². The van der Waals surface area contributed by atoms with E-state index in [1.54, 1.807) is 13.8 Å². The Hall–Kier alpha value is -2.96. The lowest BCUT2D eigenvalue weighted by Crippen LogP contribution is -2.42. The Morgan fingerprint density at radius 2 is 1.68 bits per heavy atom. The van der Waals surface area contributed by atoms with Gasteiger partial charge in [0, 0.05) is 11.3 Å². The Balaban J connectivity index is 2.12. The van der Waals surface area contributed by atoms with Crippen LogP contribution in [0.4, 0.5) is 4.39 Å². The van der Waals surface area contributed by atoms with Gasteiger partial charge in [0.25, 0.3) is 0 Å². The molecule has 1 aromatic carbocycles. The van der Waals surface area contributed by atoms with Crippen LogP contribution in [-0.4, -0.2) is 34.2 Å². The second-order valence-electron chi connectivity index (χ2n) is 7.16. The summed E-state index contributed by atoms with van der Waals surface area (Å²) in [5, 5.41) is 0. The van der Waals surface area contributed by atoms with Crippen molar-refractivity contribution in [2.45, 2.75) is 53.2 Å². The van der Waals surface area contributed by atoms with Gasteiger partial charge in [-0.1, -0.05) is 0 Å². The molecule has 0 radical (unpaired) electrons. The second kappa shape index (κ2) is 7.96. The number of carbonyl (C=O) groups excluding carboxylic acids is 3. The van der Waals surface area contributed by atoms with E-state index in [9.17, 15) is 18.8 Å². The summed E-state index contributed by atoms with van der Waals surface area (Å²) in [5.41, 5.74) is 0.422. The van der Waals surface area contributed by atoms with Crippen LogP contribution < -0.4 is 4.74 Å². The van der Waals surface area contributed by atoms with E-state index in [1.165, 1.54) is 52.0 Å². The Morgan fingerprint density at radius 3 is 2.18 bits per heavy atom. The van der Waals surface area contributed by atoms with Crippen LogP contribution in [0.5, 0.6) is 5.75 Å². The molecule has 0 saturated heterocycles. The van der Waals surface area contributed by atoms with Crippen molar-refractivity contribution >= 4 is 17.5 Å². The van der Waals surface area contributed by atoms with Crippen LogP contribution in [0.1, 0.15) is 59.8 Å². The Kier molecular flexibility index (Phi) is 6.07. The van der Waals surface area contributed by atoms with Crippen molar-refractivity contribution in [2.24, 2.45) is 0 Å². The number of benzene rings is 1. The lowest BCUT2D eigenvalue weighted by Gasteiger charge is -2.26. The molecule has 2 rings (SSSR count). The topological polar surface area (TPSA) is 85.5 Å². The number of ether oxygens (including phenoxy) is 2. The minimum Gasteiger partial charge on any atom is -0.476 e. The quantitative estimate of drug-likeness (QED) is 0.573. The van der Waals surface area contributed by atoms with E-state index in [2.05, 4.69) is 4.98 Å². The number of ketones is 2. The second-order valence-corrected chi connectivity index (χ2v) is 7.16. The molecule has 0 unspecified atom stereocenters. The number of halogens is 1. The van der Waals surface area contributed by atoms with E-state index in [0.29, 0.717) is 22.6 Å². The molecule has 2 aromatic rings. The molecule has 0 fully saturated rings. The molecule has 0 aliphatic carbocycles. The summed E-state index contributed by atoms with van der Waals surface area (Å²) >= 11 is 0. The Bertz CT molecular complexity index is 912. The first kappa shape index (κ1) is 21.3. The van der Waals surface area contributed by atoms with Gasteiger partial charge in [0.1, 0.15) is 11.6 Å². The lowest BCUT2D eigenvalue weighted by molar-refractivity contribution is -0.162. The maximum atomic E-state index is 13.0. The van der Waals surface area contributed by atoms with Gasteiger partial charge in [0.15, 0.2) is 17.5 Å². The number of esters is 1. The lowest BCUT2D eigenvalue weighted by atomic mass is 10.0. The third kappa shape index (κ3) is 4.47. The number of nitrogens with one attached hydrogen (secondary N) is 1. The van der Waals surface area contributed by atoms with Crippen LogP contribution >= 0.6 is 0 Å². The zero-order chi connectivity index (χ0) is 21.2. The molecule has 0 spiro atoms. The van der Waals surface area contributed by atoms with E-state index in [1.807, 2.05) is 0 Å². The average Bonchev–Trinajstić information content (AvgIpc) is 2.90. The molecule has 1 atom stereocenters. The molecule has 28 heavy (non-hydrogen) atoms. The number of H-pyrrole nitrogens is 1. The highest BCUT2D eigenvalue weighted by molar-refractivity contribution is 6.05. The van der Waals surface area contributed by atoms with Gasteiger partial charge in [-0.3, -0.25) is 9.59 Å². The highest BCUT2D eigenvalue weighted by Crippen LogP contribution is 2.23. The van der Waals surface area contributed by atoms with Gasteiger partial charge in [-0.25, -0.2) is 9.18 Å². The normalized spacial score (nSPS) is 12.4. The molecule has 1 N–H and O–H groups in total. The zero-order valence-electron chi connectivity index (χ0n) is 16.8. The van der Waals surface area contributed by atoms with E-state index in [0.717, 1.165) is 0 Å². The number of carbonyl (C=O) groups is 3. The molecule has 1 aromatic heterocycles. The highest BCUT2D eigenvalue weighted by atomic mass is 19.1. The number of hydrogen-bond donors (Lipinski definition) is 1. The average molecular weight is 389 g/mol. The van der Waals surface area contributed by atoms with Gasteiger partial charge in [-0.15, -0.1) is 0 Å². The summed E-state index contributed by atoms with van der Waals surface area (Å²) in [4.78, 5) is 39.9. The van der Waals surface area contributed by atoms with E-state index < -0.39 is 29.3 Å². The maximum absolute atomic E-state index is 13.0. The Morgan fingerprint density at radius 1 is 1.11 bits per heavy atom. The monoisotopic (exact) mass is 389 g/mol. The number of aromatic amines is 1.